The second-order valence-electron chi connectivity index (χ2n) is 9.58. The number of aliphatic hydroxyl groups excluding tert-OH is 1. The Bertz CT molecular complexity index is 1060. The molecule has 3 N–H and O–H groups in total. The van der Waals surface area contributed by atoms with Crippen LogP contribution < -0.4 is 15.5 Å². The maximum absolute atomic E-state index is 10.1. The Labute approximate surface area is 215 Å². The molecule has 0 amide bonds. The lowest BCUT2D eigenvalue weighted by atomic mass is 9.73. The molecule has 2 atom stereocenters. The minimum Gasteiger partial charge on any atom is -0.390 e. The van der Waals surface area contributed by atoms with E-state index in [1.54, 1.807) is 6.20 Å². The van der Waals surface area contributed by atoms with Crippen molar-refractivity contribution < 1.29 is 14.6 Å². The van der Waals surface area contributed by atoms with Crippen LogP contribution in [0, 0.1) is 12.3 Å². The summed E-state index contributed by atoms with van der Waals surface area (Å²) in [7, 11) is 0. The zero-order chi connectivity index (χ0) is 24.6. The third-order valence-corrected chi connectivity index (χ3v) is 9.11. The van der Waals surface area contributed by atoms with Crippen LogP contribution in [-0.2, 0) is 16.1 Å². The summed E-state index contributed by atoms with van der Waals surface area (Å²) in [6.45, 7) is 9.02. The van der Waals surface area contributed by atoms with Crippen LogP contribution in [0.5, 0.6) is 0 Å². The first-order valence-electron chi connectivity index (χ1n) is 12.2. The Kier molecular flexibility index (Phi) is 7.39. The topological polar surface area (TPSA) is 110 Å². The van der Waals surface area contributed by atoms with Crippen molar-refractivity contribution in [3.05, 3.63) is 28.7 Å². The summed E-state index contributed by atoms with van der Waals surface area (Å²) in [6.07, 6.45) is 3.75. The van der Waals surface area contributed by atoms with E-state index in [1.807, 2.05) is 13.0 Å². The smallest absolute Gasteiger partial charge is 0.153 e. The van der Waals surface area contributed by atoms with Crippen molar-refractivity contribution in [2.75, 3.05) is 55.8 Å². The summed E-state index contributed by atoms with van der Waals surface area (Å²) in [5.74, 6) is 1.51. The van der Waals surface area contributed by atoms with Gasteiger partial charge in [0.05, 0.1) is 43.2 Å². The molecule has 3 aliphatic rings. The van der Waals surface area contributed by atoms with E-state index in [2.05, 4.69) is 21.7 Å². The van der Waals surface area contributed by atoms with E-state index in [-0.39, 0.29) is 24.2 Å². The van der Waals surface area contributed by atoms with Crippen LogP contribution in [0.25, 0.3) is 0 Å². The Hall–Kier alpha value is -1.69. The van der Waals surface area contributed by atoms with Crippen molar-refractivity contribution in [2.45, 2.75) is 55.4 Å². The number of aromatic nitrogens is 3. The fourth-order valence-electron chi connectivity index (χ4n) is 5.21. The van der Waals surface area contributed by atoms with E-state index >= 15 is 0 Å². The van der Waals surface area contributed by atoms with Gasteiger partial charge in [-0.15, -0.1) is 0 Å². The zero-order valence-corrected chi connectivity index (χ0v) is 21.8. The molecule has 5 rings (SSSR count). The van der Waals surface area contributed by atoms with Crippen molar-refractivity contribution in [3.8, 4) is 0 Å². The first kappa shape index (κ1) is 25.0. The van der Waals surface area contributed by atoms with Gasteiger partial charge >= 0.3 is 0 Å². The van der Waals surface area contributed by atoms with Crippen LogP contribution in [-0.4, -0.2) is 78.2 Å². The number of morpholine rings is 1. The van der Waals surface area contributed by atoms with E-state index in [9.17, 15) is 5.11 Å². The van der Waals surface area contributed by atoms with Gasteiger partial charge in [-0.1, -0.05) is 23.4 Å². The Balaban J connectivity index is 1.35. The first-order valence-corrected chi connectivity index (χ1v) is 13.4. The van der Waals surface area contributed by atoms with Crippen LogP contribution in [0.2, 0.25) is 5.02 Å². The van der Waals surface area contributed by atoms with Crippen molar-refractivity contribution >= 4 is 35.0 Å². The molecule has 0 saturated carbocycles. The maximum atomic E-state index is 10.1. The number of anilines is 2. The molecule has 0 unspecified atom stereocenters. The highest BCUT2D eigenvalue weighted by atomic mass is 35.5. The lowest BCUT2D eigenvalue weighted by molar-refractivity contribution is 0.0973. The minimum atomic E-state index is -0.180. The molecular weight excluding hydrogens is 488 g/mol. The Morgan fingerprint density at radius 3 is 2.54 bits per heavy atom. The molecule has 0 aromatic carbocycles. The van der Waals surface area contributed by atoms with Gasteiger partial charge < -0.3 is 30.1 Å². The molecule has 0 bridgehead atoms. The summed E-state index contributed by atoms with van der Waals surface area (Å²) in [4.78, 5) is 19.4. The Morgan fingerprint density at radius 2 is 1.89 bits per heavy atom. The number of nitrogens with zero attached hydrogens (tertiary/aromatic N) is 5. The van der Waals surface area contributed by atoms with Crippen molar-refractivity contribution in [2.24, 2.45) is 11.1 Å². The molecule has 0 radical (unpaired) electrons. The second-order valence-corrected chi connectivity index (χ2v) is 11.0. The van der Waals surface area contributed by atoms with Crippen molar-refractivity contribution in [3.63, 3.8) is 0 Å². The van der Waals surface area contributed by atoms with E-state index in [0.717, 1.165) is 72.9 Å². The summed E-state index contributed by atoms with van der Waals surface area (Å²) >= 11 is 8.21. The van der Waals surface area contributed by atoms with Crippen LogP contribution in [0.1, 0.15) is 31.2 Å². The van der Waals surface area contributed by atoms with E-state index < -0.39 is 0 Å². The van der Waals surface area contributed by atoms with Gasteiger partial charge in [0.25, 0.3) is 0 Å². The minimum absolute atomic E-state index is 0.0316. The lowest BCUT2D eigenvalue weighted by Crippen LogP contribution is -2.51. The molecule has 2 aromatic heterocycles. The van der Waals surface area contributed by atoms with E-state index in [1.165, 1.54) is 11.8 Å². The SMILES string of the molecule is Cc1nc(N2CCC3(CC2)CO[C@@H](C)[C@H]3N)c(CO)nc1Sc1ccnc(N2CCOCC2)c1Cl. The summed E-state index contributed by atoms with van der Waals surface area (Å²) < 4.78 is 11.3. The van der Waals surface area contributed by atoms with Gasteiger partial charge in [0.15, 0.2) is 5.82 Å². The highest BCUT2D eigenvalue weighted by molar-refractivity contribution is 7.99. The standard InChI is InChI=1S/C24H33ClN6O3S/c1-15-23(35-18-3-6-27-22(19(18)25)31-9-11-33-12-10-31)29-17(13-32)21(28-15)30-7-4-24(5-8-30)14-34-16(2)20(24)26/h3,6,16,20,32H,4-5,7-14,26H2,1-2H3/t16-,20+/m0/s1. The molecule has 5 heterocycles. The second kappa shape index (κ2) is 10.4. The fourth-order valence-corrected chi connectivity index (χ4v) is 6.43. The van der Waals surface area contributed by atoms with Gasteiger partial charge in [-0.2, -0.15) is 0 Å². The van der Waals surface area contributed by atoms with Gasteiger partial charge in [-0.3, -0.25) is 0 Å². The summed E-state index contributed by atoms with van der Waals surface area (Å²) in [6, 6.07) is 1.95. The Morgan fingerprint density at radius 1 is 1.17 bits per heavy atom. The third kappa shape index (κ3) is 4.84. The number of hydrogen-bond acceptors (Lipinski definition) is 10. The monoisotopic (exact) mass is 520 g/mol. The van der Waals surface area contributed by atoms with Crippen LogP contribution >= 0.6 is 23.4 Å². The van der Waals surface area contributed by atoms with Crippen LogP contribution in [0.15, 0.2) is 22.2 Å². The first-order chi connectivity index (χ1) is 16.9. The fraction of sp³-hybridized carbons (Fsp3) is 0.625. The molecule has 190 valence electrons. The largest absolute Gasteiger partial charge is 0.390 e. The molecule has 3 fully saturated rings. The van der Waals surface area contributed by atoms with Crippen LogP contribution in [0.4, 0.5) is 11.6 Å². The van der Waals surface area contributed by atoms with Gasteiger partial charge in [-0.05, 0) is 32.8 Å². The van der Waals surface area contributed by atoms with Crippen molar-refractivity contribution in [1.29, 1.82) is 0 Å². The average molecular weight is 521 g/mol. The quantitative estimate of drug-likeness (QED) is 0.610. The van der Waals surface area contributed by atoms with Gasteiger partial charge in [0.1, 0.15) is 16.5 Å². The van der Waals surface area contributed by atoms with Crippen molar-refractivity contribution in [1.82, 2.24) is 15.0 Å². The number of rotatable bonds is 5. The van der Waals surface area contributed by atoms with Gasteiger partial charge in [0, 0.05) is 48.7 Å². The predicted molar refractivity (Wildman–Crippen MR) is 136 cm³/mol. The molecule has 2 aromatic rings. The molecule has 9 nitrogen and oxygen atoms in total. The van der Waals surface area contributed by atoms with Gasteiger partial charge in [-0.25, -0.2) is 15.0 Å². The lowest BCUT2D eigenvalue weighted by Gasteiger charge is -2.42. The van der Waals surface area contributed by atoms with Gasteiger partial charge in [0.2, 0.25) is 0 Å². The number of aryl methyl sites for hydroxylation is 1. The number of halogens is 1. The highest BCUT2D eigenvalue weighted by Gasteiger charge is 2.47. The van der Waals surface area contributed by atoms with E-state index in [4.69, 9.17) is 36.8 Å². The van der Waals surface area contributed by atoms with E-state index in [0.29, 0.717) is 23.9 Å². The zero-order valence-electron chi connectivity index (χ0n) is 20.2. The molecule has 3 aliphatic heterocycles. The number of nitrogens with two attached hydrogens (primary N) is 1. The number of hydrogen-bond donors (Lipinski definition) is 2. The molecule has 11 heteroatoms. The number of pyridine rings is 1. The normalized spacial score (nSPS) is 24.4. The highest BCUT2D eigenvalue weighted by Crippen LogP contribution is 2.43. The molecule has 35 heavy (non-hydrogen) atoms. The maximum Gasteiger partial charge on any atom is 0.153 e. The number of piperidine rings is 1. The molecule has 3 saturated heterocycles. The van der Waals surface area contributed by atoms with Crippen LogP contribution in [0.3, 0.4) is 0 Å². The molecule has 1 spiro atoms. The predicted octanol–water partition coefficient (Wildman–Crippen LogP) is 2.65. The third-order valence-electron chi connectivity index (χ3n) is 7.49. The summed E-state index contributed by atoms with van der Waals surface area (Å²) in [5.41, 5.74) is 7.89. The molecule has 0 aliphatic carbocycles. The number of aliphatic hydroxyl groups is 1. The molecular formula is C24H33ClN6O3S. The average Bonchev–Trinajstić information content (AvgIpc) is 3.15. The summed E-state index contributed by atoms with van der Waals surface area (Å²) in [5, 5.41) is 11.5. The number of ether oxygens (including phenoxy) is 2.